The van der Waals surface area contributed by atoms with Gasteiger partial charge in [0.15, 0.2) is 0 Å². The summed E-state index contributed by atoms with van der Waals surface area (Å²) in [5.41, 5.74) is 6.05. The van der Waals surface area contributed by atoms with Gasteiger partial charge in [0.2, 0.25) is 5.58 Å². The third-order valence-electron chi connectivity index (χ3n) is 2.06. The molecule has 5 nitrogen and oxygen atoms in total. The summed E-state index contributed by atoms with van der Waals surface area (Å²) < 4.78 is 5.04. The van der Waals surface area contributed by atoms with Gasteiger partial charge in [-0.2, -0.15) is 5.10 Å². The first-order valence-corrected chi connectivity index (χ1v) is 4.16. The van der Waals surface area contributed by atoms with Gasteiger partial charge >= 0.3 is 0 Å². The van der Waals surface area contributed by atoms with Crippen molar-refractivity contribution in [1.29, 1.82) is 0 Å². The molecule has 1 aromatic heterocycles. The molecule has 5 heteroatoms. The largest absolute Gasteiger partial charge is 0.335 e. The van der Waals surface area contributed by atoms with E-state index in [1.54, 1.807) is 6.21 Å². The number of nitrogens with zero attached hydrogens (tertiary/aromatic N) is 3. The Bertz CT molecular complexity index is 541. The van der Waals surface area contributed by atoms with Crippen LogP contribution in [0.25, 0.3) is 17.2 Å². The van der Waals surface area contributed by atoms with Crippen LogP contribution < -0.4 is 5.43 Å². The first-order valence-electron chi connectivity index (χ1n) is 4.16. The van der Waals surface area contributed by atoms with Gasteiger partial charge < -0.3 is 4.52 Å². The summed E-state index contributed by atoms with van der Waals surface area (Å²) in [4.78, 5) is 0. The fourth-order valence-corrected chi connectivity index (χ4v) is 1.41. The number of rotatable bonds is 0. The van der Waals surface area contributed by atoms with Gasteiger partial charge in [0.1, 0.15) is 11.2 Å². The van der Waals surface area contributed by atoms with Crippen LogP contribution in [0, 0.1) is 0 Å². The molecule has 68 valence electrons. The van der Waals surface area contributed by atoms with Crippen molar-refractivity contribution in [3.8, 4) is 0 Å². The highest BCUT2D eigenvalue weighted by atomic mass is 16.5. The van der Waals surface area contributed by atoms with Gasteiger partial charge in [0, 0.05) is 17.0 Å². The zero-order chi connectivity index (χ0) is 9.38. The van der Waals surface area contributed by atoms with Crippen LogP contribution in [-0.4, -0.2) is 16.6 Å². The summed E-state index contributed by atoms with van der Waals surface area (Å²) in [6.45, 7) is 0. The van der Waals surface area contributed by atoms with Gasteiger partial charge in [0.25, 0.3) is 0 Å². The van der Waals surface area contributed by atoms with Crippen molar-refractivity contribution in [2.24, 2.45) is 5.10 Å². The molecule has 1 aliphatic heterocycles. The molecule has 0 aliphatic carbocycles. The smallest absolute Gasteiger partial charge is 0.212 e. The number of benzene rings is 1. The van der Waals surface area contributed by atoms with Crippen LogP contribution >= 0.6 is 0 Å². The molecule has 1 aromatic carbocycles. The lowest BCUT2D eigenvalue weighted by atomic mass is 10.1. The Balaban J connectivity index is 2.38. The molecular formula is C9H6N4O. The molecular weight excluding hydrogens is 180 g/mol. The van der Waals surface area contributed by atoms with Crippen molar-refractivity contribution in [2.75, 3.05) is 5.43 Å². The zero-order valence-corrected chi connectivity index (χ0v) is 7.14. The summed E-state index contributed by atoms with van der Waals surface area (Å²) >= 11 is 0. The molecule has 1 N–H and O–H groups in total. The van der Waals surface area contributed by atoms with Gasteiger partial charge in [-0.25, -0.2) is 0 Å². The van der Waals surface area contributed by atoms with Gasteiger partial charge in [-0.05, 0) is 12.1 Å². The molecule has 14 heavy (non-hydrogen) atoms. The summed E-state index contributed by atoms with van der Waals surface area (Å²) in [7, 11) is 0. The molecule has 0 amide bonds. The van der Waals surface area contributed by atoms with Crippen molar-refractivity contribution in [3.05, 3.63) is 23.8 Å². The molecule has 0 unspecified atom stereocenters. The average molecular weight is 186 g/mol. The van der Waals surface area contributed by atoms with Crippen LogP contribution in [0.1, 0.15) is 5.56 Å². The normalized spacial score (nSPS) is 13.7. The Labute approximate surface area is 79.1 Å². The van der Waals surface area contributed by atoms with Crippen LogP contribution in [0.2, 0.25) is 0 Å². The van der Waals surface area contributed by atoms with Crippen LogP contribution in [0.4, 0.5) is 5.69 Å². The molecule has 1 aliphatic rings. The number of aromatic nitrogens is 2. The van der Waals surface area contributed by atoms with Gasteiger partial charge in [-0.3, -0.25) is 5.43 Å². The quantitative estimate of drug-likeness (QED) is 0.679. The number of hydrazone groups is 1. The summed E-state index contributed by atoms with van der Waals surface area (Å²) in [5, 5.41) is 11.3. The fraction of sp³-hybridized carbons (Fsp3) is 0. The second-order valence-electron chi connectivity index (χ2n) is 2.90. The molecule has 0 atom stereocenters. The minimum atomic E-state index is 0.631. The monoisotopic (exact) mass is 186 g/mol. The third-order valence-corrected chi connectivity index (χ3v) is 2.06. The Kier molecular flexibility index (Phi) is 1.38. The van der Waals surface area contributed by atoms with Crippen LogP contribution in [0.5, 0.6) is 0 Å². The van der Waals surface area contributed by atoms with E-state index in [9.17, 15) is 0 Å². The summed E-state index contributed by atoms with van der Waals surface area (Å²) in [6, 6.07) is 3.81. The van der Waals surface area contributed by atoms with E-state index >= 15 is 0 Å². The average Bonchev–Trinajstić information content (AvgIpc) is 2.55. The highest BCUT2D eigenvalue weighted by Gasteiger charge is 2.10. The standard InChI is InChI=1S/C9H6N4O/c1-2-6-3-4-7-9(14-13-11-7)8(6)12-10-5-1/h1-5,12H. The Hall–Kier alpha value is -2.17. The van der Waals surface area contributed by atoms with Crippen molar-refractivity contribution in [1.82, 2.24) is 10.4 Å². The highest BCUT2D eigenvalue weighted by molar-refractivity contribution is 5.94. The van der Waals surface area contributed by atoms with Crippen molar-refractivity contribution in [2.45, 2.75) is 0 Å². The maximum atomic E-state index is 5.04. The number of allylic oxidation sites excluding steroid dienone is 1. The lowest BCUT2D eigenvalue weighted by molar-refractivity contribution is 0.424. The first kappa shape index (κ1) is 7.25. The molecule has 2 aromatic rings. The van der Waals surface area contributed by atoms with Crippen molar-refractivity contribution < 1.29 is 4.52 Å². The van der Waals surface area contributed by atoms with E-state index in [1.807, 2.05) is 24.3 Å². The lowest BCUT2D eigenvalue weighted by Crippen LogP contribution is -1.90. The number of nitrogens with one attached hydrogen (secondary N) is 1. The maximum Gasteiger partial charge on any atom is 0.212 e. The summed E-state index contributed by atoms with van der Waals surface area (Å²) in [6.07, 6.45) is 5.48. The predicted molar refractivity (Wildman–Crippen MR) is 53.0 cm³/mol. The van der Waals surface area contributed by atoms with E-state index in [0.29, 0.717) is 5.58 Å². The van der Waals surface area contributed by atoms with Crippen molar-refractivity contribution in [3.63, 3.8) is 0 Å². The van der Waals surface area contributed by atoms with Gasteiger partial charge in [-0.1, -0.05) is 12.1 Å². The Morgan fingerprint density at radius 2 is 2.29 bits per heavy atom. The van der Waals surface area contributed by atoms with E-state index in [2.05, 4.69) is 20.9 Å². The van der Waals surface area contributed by atoms with E-state index in [1.165, 1.54) is 0 Å². The second kappa shape index (κ2) is 2.66. The number of anilines is 1. The topological polar surface area (TPSA) is 63.3 Å². The Morgan fingerprint density at radius 3 is 3.29 bits per heavy atom. The number of fused-ring (bicyclic) bond motifs is 3. The lowest BCUT2D eigenvalue weighted by Gasteiger charge is -2.01. The predicted octanol–water partition coefficient (Wildman–Crippen LogP) is 1.65. The first-order chi connectivity index (χ1) is 6.95. The van der Waals surface area contributed by atoms with E-state index in [4.69, 9.17) is 4.52 Å². The second-order valence-corrected chi connectivity index (χ2v) is 2.90. The minimum Gasteiger partial charge on any atom is -0.335 e. The molecule has 0 spiro atoms. The summed E-state index contributed by atoms with van der Waals surface area (Å²) in [5.74, 6) is 0. The molecule has 3 rings (SSSR count). The van der Waals surface area contributed by atoms with Crippen LogP contribution in [0.3, 0.4) is 0 Å². The molecule has 0 saturated carbocycles. The third kappa shape index (κ3) is 0.922. The fourth-order valence-electron chi connectivity index (χ4n) is 1.41. The minimum absolute atomic E-state index is 0.631. The van der Waals surface area contributed by atoms with Gasteiger partial charge in [-0.15, -0.1) is 5.10 Å². The zero-order valence-electron chi connectivity index (χ0n) is 7.14. The Morgan fingerprint density at radius 1 is 1.29 bits per heavy atom. The highest BCUT2D eigenvalue weighted by Crippen LogP contribution is 2.27. The molecule has 2 heterocycles. The van der Waals surface area contributed by atoms with Crippen LogP contribution in [0.15, 0.2) is 27.8 Å². The number of hydrogen-bond donors (Lipinski definition) is 1. The van der Waals surface area contributed by atoms with Gasteiger partial charge in [0.05, 0.1) is 0 Å². The number of hydrogen-bond acceptors (Lipinski definition) is 5. The van der Waals surface area contributed by atoms with Crippen LogP contribution in [-0.2, 0) is 0 Å². The molecule has 0 bridgehead atoms. The van der Waals surface area contributed by atoms with E-state index < -0.39 is 0 Å². The maximum absolute atomic E-state index is 5.04. The molecule has 0 radical (unpaired) electrons. The SMILES string of the molecule is C1=Cc2ccc3nnoc3c2NN=C1. The van der Waals surface area contributed by atoms with Crippen molar-refractivity contribution >= 4 is 29.1 Å². The van der Waals surface area contributed by atoms with E-state index in [0.717, 1.165) is 16.8 Å². The molecule has 0 saturated heterocycles. The van der Waals surface area contributed by atoms with E-state index in [-0.39, 0.29) is 0 Å². The molecule has 0 fully saturated rings.